The number of hydrogen-bond acceptors (Lipinski definition) is 1. The van der Waals surface area contributed by atoms with Gasteiger partial charge in [0.05, 0.1) is 21.1 Å². The van der Waals surface area contributed by atoms with Crippen molar-refractivity contribution >= 4 is 66.1 Å². The second-order valence-electron chi connectivity index (χ2n) is 3.99. The van der Waals surface area contributed by atoms with E-state index in [0.717, 1.165) is 31.4 Å². The number of benzene rings is 2. The van der Waals surface area contributed by atoms with Crippen LogP contribution in [-0.2, 0) is 0 Å². The van der Waals surface area contributed by atoms with Crippen molar-refractivity contribution in [2.45, 2.75) is 0 Å². The van der Waals surface area contributed by atoms with Gasteiger partial charge in [0.25, 0.3) is 0 Å². The Morgan fingerprint density at radius 1 is 1.00 bits per heavy atom. The van der Waals surface area contributed by atoms with E-state index in [1.165, 1.54) is 0 Å². The van der Waals surface area contributed by atoms with Crippen LogP contribution in [0, 0.1) is 0 Å². The van der Waals surface area contributed by atoms with Crippen molar-refractivity contribution in [1.82, 2.24) is 9.97 Å². The zero-order valence-corrected chi connectivity index (χ0v) is 14.0. The normalized spacial score (nSPS) is 11.2. The van der Waals surface area contributed by atoms with Crippen LogP contribution in [-0.4, -0.2) is 9.97 Å². The third-order valence-electron chi connectivity index (χ3n) is 2.71. The summed E-state index contributed by atoms with van der Waals surface area (Å²) in [4.78, 5) is 7.77. The van der Waals surface area contributed by atoms with E-state index >= 15 is 0 Å². The molecule has 1 N–H and O–H groups in total. The number of fused-ring (bicyclic) bond motifs is 1. The molecule has 3 aromatic rings. The van der Waals surface area contributed by atoms with Gasteiger partial charge in [-0.1, -0.05) is 39.1 Å². The fraction of sp³-hybridized carbons (Fsp3) is 0. The average molecular weight is 421 g/mol. The van der Waals surface area contributed by atoms with Crippen molar-refractivity contribution in [3.63, 3.8) is 0 Å². The zero-order chi connectivity index (χ0) is 13.6. The van der Waals surface area contributed by atoms with E-state index in [9.17, 15) is 0 Å². The summed E-state index contributed by atoms with van der Waals surface area (Å²) >= 11 is 18.9. The van der Waals surface area contributed by atoms with Crippen molar-refractivity contribution in [2.24, 2.45) is 0 Å². The molecular formula is C13H6Br2Cl2N2. The molecule has 0 aliphatic heterocycles. The lowest BCUT2D eigenvalue weighted by molar-refractivity contribution is 1.33. The third kappa shape index (κ3) is 2.55. The monoisotopic (exact) mass is 418 g/mol. The fourth-order valence-corrected chi connectivity index (χ4v) is 3.37. The number of aromatic amines is 1. The van der Waals surface area contributed by atoms with E-state index in [4.69, 9.17) is 23.2 Å². The van der Waals surface area contributed by atoms with E-state index in [1.54, 1.807) is 12.1 Å². The number of halogens is 4. The first kappa shape index (κ1) is 13.4. The van der Waals surface area contributed by atoms with Gasteiger partial charge >= 0.3 is 0 Å². The molecule has 1 aromatic heterocycles. The first-order valence-corrected chi connectivity index (χ1v) is 7.69. The standard InChI is InChI=1S/C13H6Br2Cl2N2/c14-6-1-2-7(8(15)3-6)13-18-11-4-9(16)10(17)5-12(11)19-13/h1-5H,(H,18,19). The van der Waals surface area contributed by atoms with Crippen molar-refractivity contribution in [3.8, 4) is 11.4 Å². The van der Waals surface area contributed by atoms with Gasteiger partial charge in [-0.3, -0.25) is 0 Å². The van der Waals surface area contributed by atoms with E-state index in [2.05, 4.69) is 41.8 Å². The molecule has 0 aliphatic carbocycles. The molecule has 96 valence electrons. The molecule has 0 unspecified atom stereocenters. The molecule has 0 saturated carbocycles. The lowest BCUT2D eigenvalue weighted by atomic mass is 10.2. The Balaban J connectivity index is 2.20. The average Bonchev–Trinajstić information content (AvgIpc) is 2.72. The first-order chi connectivity index (χ1) is 9.04. The molecule has 0 saturated heterocycles. The number of nitrogens with one attached hydrogen (secondary N) is 1. The summed E-state index contributed by atoms with van der Waals surface area (Å²) in [6.45, 7) is 0. The molecule has 6 heteroatoms. The molecule has 2 aromatic carbocycles. The minimum atomic E-state index is 0.502. The number of H-pyrrole nitrogens is 1. The summed E-state index contributed by atoms with van der Waals surface area (Å²) in [7, 11) is 0. The highest BCUT2D eigenvalue weighted by Crippen LogP contribution is 2.32. The Kier molecular flexibility index (Phi) is 3.60. The summed E-state index contributed by atoms with van der Waals surface area (Å²) in [6, 6.07) is 9.46. The van der Waals surface area contributed by atoms with E-state index in [1.807, 2.05) is 18.2 Å². The van der Waals surface area contributed by atoms with Crippen LogP contribution in [0.5, 0.6) is 0 Å². The maximum atomic E-state index is 6.00. The van der Waals surface area contributed by atoms with Gasteiger partial charge in [-0.05, 0) is 46.3 Å². The molecule has 0 spiro atoms. The maximum Gasteiger partial charge on any atom is 0.139 e. The molecule has 0 atom stereocenters. The Labute approximate surface area is 136 Å². The van der Waals surface area contributed by atoms with Crippen LogP contribution >= 0.6 is 55.1 Å². The maximum absolute atomic E-state index is 6.00. The van der Waals surface area contributed by atoms with Crippen molar-refractivity contribution in [3.05, 3.63) is 49.3 Å². The number of rotatable bonds is 1. The summed E-state index contributed by atoms with van der Waals surface area (Å²) < 4.78 is 1.96. The van der Waals surface area contributed by atoms with Gasteiger partial charge in [0.15, 0.2) is 0 Å². The van der Waals surface area contributed by atoms with E-state index < -0.39 is 0 Å². The number of nitrogens with zero attached hydrogens (tertiary/aromatic N) is 1. The van der Waals surface area contributed by atoms with Crippen LogP contribution in [0.1, 0.15) is 0 Å². The topological polar surface area (TPSA) is 28.7 Å². The van der Waals surface area contributed by atoms with Gasteiger partial charge < -0.3 is 4.98 Å². The quantitative estimate of drug-likeness (QED) is 0.509. The summed E-state index contributed by atoms with van der Waals surface area (Å²) in [5.74, 6) is 0.771. The van der Waals surface area contributed by atoms with Crippen molar-refractivity contribution in [1.29, 1.82) is 0 Å². The van der Waals surface area contributed by atoms with Gasteiger partial charge in [-0.2, -0.15) is 0 Å². The molecule has 19 heavy (non-hydrogen) atoms. The Bertz CT molecular complexity index is 745. The van der Waals surface area contributed by atoms with Crippen LogP contribution < -0.4 is 0 Å². The van der Waals surface area contributed by atoms with Crippen molar-refractivity contribution in [2.75, 3.05) is 0 Å². The molecule has 0 radical (unpaired) electrons. The lowest BCUT2D eigenvalue weighted by Gasteiger charge is -2.00. The molecule has 0 aliphatic rings. The molecule has 0 amide bonds. The lowest BCUT2D eigenvalue weighted by Crippen LogP contribution is -1.82. The van der Waals surface area contributed by atoms with Gasteiger partial charge in [-0.25, -0.2) is 4.98 Å². The van der Waals surface area contributed by atoms with Gasteiger partial charge in [0, 0.05) is 14.5 Å². The highest BCUT2D eigenvalue weighted by molar-refractivity contribution is 9.11. The molecular weight excluding hydrogens is 415 g/mol. The largest absolute Gasteiger partial charge is 0.338 e. The van der Waals surface area contributed by atoms with Crippen LogP contribution in [0.3, 0.4) is 0 Å². The predicted molar refractivity (Wildman–Crippen MR) is 86.9 cm³/mol. The summed E-state index contributed by atoms with van der Waals surface area (Å²) in [5.41, 5.74) is 2.63. The number of hydrogen-bond donors (Lipinski definition) is 1. The molecule has 3 rings (SSSR count). The highest BCUT2D eigenvalue weighted by Gasteiger charge is 2.10. The van der Waals surface area contributed by atoms with Crippen LogP contribution in [0.25, 0.3) is 22.4 Å². The minimum absolute atomic E-state index is 0.502. The second-order valence-corrected chi connectivity index (χ2v) is 6.58. The predicted octanol–water partition coefficient (Wildman–Crippen LogP) is 6.06. The molecule has 0 fully saturated rings. The van der Waals surface area contributed by atoms with E-state index in [0.29, 0.717) is 10.0 Å². The van der Waals surface area contributed by atoms with Crippen LogP contribution in [0.4, 0.5) is 0 Å². The number of aromatic nitrogens is 2. The first-order valence-electron chi connectivity index (χ1n) is 5.35. The molecule has 2 nitrogen and oxygen atoms in total. The molecule has 0 bridgehead atoms. The van der Waals surface area contributed by atoms with Crippen LogP contribution in [0.2, 0.25) is 10.0 Å². The van der Waals surface area contributed by atoms with Crippen molar-refractivity contribution < 1.29 is 0 Å². The molecule has 1 heterocycles. The van der Waals surface area contributed by atoms with Gasteiger partial charge in [0.2, 0.25) is 0 Å². The van der Waals surface area contributed by atoms with Gasteiger partial charge in [-0.15, -0.1) is 0 Å². The zero-order valence-electron chi connectivity index (χ0n) is 9.35. The minimum Gasteiger partial charge on any atom is -0.338 e. The van der Waals surface area contributed by atoms with E-state index in [-0.39, 0.29) is 0 Å². The number of imidazole rings is 1. The fourth-order valence-electron chi connectivity index (χ4n) is 1.81. The third-order valence-corrected chi connectivity index (χ3v) is 4.58. The Hall–Kier alpha value is -0.550. The van der Waals surface area contributed by atoms with Gasteiger partial charge in [0.1, 0.15) is 5.82 Å². The Morgan fingerprint density at radius 2 is 1.74 bits per heavy atom. The summed E-state index contributed by atoms with van der Waals surface area (Å²) in [6.07, 6.45) is 0. The smallest absolute Gasteiger partial charge is 0.139 e. The summed E-state index contributed by atoms with van der Waals surface area (Å²) in [5, 5.41) is 1.02. The highest BCUT2D eigenvalue weighted by atomic mass is 79.9. The Morgan fingerprint density at radius 3 is 2.47 bits per heavy atom. The van der Waals surface area contributed by atoms with Crippen LogP contribution in [0.15, 0.2) is 39.3 Å². The second kappa shape index (κ2) is 5.09. The SMILES string of the molecule is Clc1cc2nc(-c3ccc(Br)cc3Br)[nH]c2cc1Cl.